The van der Waals surface area contributed by atoms with Gasteiger partial charge < -0.3 is 24.4 Å². The van der Waals surface area contributed by atoms with Gasteiger partial charge in [-0.1, -0.05) is 48.4 Å². The molecule has 2 saturated carbocycles. The molecule has 2 unspecified atom stereocenters. The lowest BCUT2D eigenvalue weighted by Crippen LogP contribution is -2.70. The number of quaternary nitrogens is 1. The Morgan fingerprint density at radius 1 is 1.15 bits per heavy atom. The molecule has 4 fully saturated rings. The lowest BCUT2D eigenvalue weighted by molar-refractivity contribution is -0.929. The molecule has 2 heterocycles. The number of piperidine rings is 1. The van der Waals surface area contributed by atoms with Crippen molar-refractivity contribution in [2.24, 2.45) is 17.3 Å². The molecule has 2 N–H and O–H groups in total. The summed E-state index contributed by atoms with van der Waals surface area (Å²) < 4.78 is 56.4. The first-order valence-corrected chi connectivity index (χ1v) is 13.8. The molecule has 1 aromatic carbocycles. The average molecular weight is 560 g/mol. The number of alkyl halides is 3. The molecule has 40 heavy (non-hydrogen) atoms. The van der Waals surface area contributed by atoms with E-state index in [0.29, 0.717) is 18.9 Å². The van der Waals surface area contributed by atoms with Crippen molar-refractivity contribution in [2.75, 3.05) is 20.6 Å². The van der Waals surface area contributed by atoms with Crippen molar-refractivity contribution in [1.29, 1.82) is 0 Å². The van der Waals surface area contributed by atoms with Crippen LogP contribution in [0.3, 0.4) is 0 Å². The molecule has 2 saturated heterocycles. The third-order valence-electron chi connectivity index (χ3n) is 10.00. The van der Waals surface area contributed by atoms with Crippen LogP contribution < -0.4 is 5.32 Å². The third-order valence-corrected chi connectivity index (χ3v) is 10.00. The van der Waals surface area contributed by atoms with Crippen molar-refractivity contribution in [1.82, 2.24) is 5.32 Å². The maximum atomic E-state index is 14.6. The topological polar surface area (TPSA) is 84.9 Å². The number of aliphatic hydroxyl groups excluding tert-OH is 1. The molecule has 6 atom stereocenters. The number of carbonyl (C=O) groups excluding carboxylic acids is 2. The Balaban J connectivity index is 1.48. The molecule has 10 heteroatoms. The van der Waals surface area contributed by atoms with Crippen LogP contribution in [0.4, 0.5) is 13.2 Å². The fraction of sp³-hybridized carbons (Fsp3) is 0.533. The van der Waals surface area contributed by atoms with E-state index in [0.717, 1.165) is 42.8 Å². The summed E-state index contributed by atoms with van der Waals surface area (Å²) in [5.41, 5.74) is -3.00. The van der Waals surface area contributed by atoms with Gasteiger partial charge in [-0.25, -0.2) is 0 Å². The Morgan fingerprint density at radius 3 is 2.55 bits per heavy atom. The molecule has 0 aromatic heterocycles. The van der Waals surface area contributed by atoms with E-state index in [9.17, 15) is 27.9 Å². The van der Waals surface area contributed by atoms with Crippen LogP contribution in [0.5, 0.6) is 0 Å². The zero-order valence-electron chi connectivity index (χ0n) is 22.8. The van der Waals surface area contributed by atoms with E-state index < -0.39 is 46.4 Å². The Hall–Kier alpha value is -3.11. The van der Waals surface area contributed by atoms with Crippen molar-refractivity contribution in [3.63, 3.8) is 0 Å². The number of likely N-dealkylation sites (tertiary alicyclic amines) is 1. The first kappa shape index (κ1) is 27.1. The minimum absolute atomic E-state index is 0.0749. The van der Waals surface area contributed by atoms with E-state index in [1.54, 1.807) is 6.07 Å². The highest BCUT2D eigenvalue weighted by Crippen LogP contribution is 2.70. The number of ether oxygens (including phenoxy) is 2. The van der Waals surface area contributed by atoms with Gasteiger partial charge in [0.2, 0.25) is 5.72 Å². The standard InChI is InChI=1S/C30H33F3N2O5/c1-17(36)39-25(18-8-5-4-6-9-18)24(30(31,32)33)27(38)34-29-22(37)13-12-19-16-21-20-10-7-11-23(40-29)28(20,26(19)29)14-15-35(21,2)3/h4-6,8-9,12-13,20-21,23,26H,7,10-11,14-16H2,1-3H3,(H-,34,37,38)/p+1/t20-,21+,23-,26?,28+,29?/m0/s1. The zero-order chi connectivity index (χ0) is 28.7. The summed E-state index contributed by atoms with van der Waals surface area (Å²) in [4.78, 5) is 25.7. The highest BCUT2D eigenvalue weighted by molar-refractivity contribution is 6.03. The largest absolute Gasteiger partial charge is 0.507 e. The summed E-state index contributed by atoms with van der Waals surface area (Å²) in [5.74, 6) is -3.97. The molecular weight excluding hydrogens is 525 g/mol. The van der Waals surface area contributed by atoms with Crippen molar-refractivity contribution < 1.29 is 41.8 Å². The number of carbonyl (C=O) groups is 2. The highest BCUT2D eigenvalue weighted by Gasteiger charge is 2.76. The van der Waals surface area contributed by atoms with Crippen LogP contribution in [0, 0.1) is 17.3 Å². The summed E-state index contributed by atoms with van der Waals surface area (Å²) in [6, 6.07) is 7.57. The molecule has 0 radical (unpaired) electrons. The van der Waals surface area contributed by atoms with Gasteiger partial charge in [0.15, 0.2) is 11.3 Å². The fourth-order valence-electron chi connectivity index (χ4n) is 8.50. The number of nitrogens with one attached hydrogen (secondary N) is 1. The van der Waals surface area contributed by atoms with Crippen molar-refractivity contribution in [2.45, 2.75) is 63.1 Å². The second-order valence-electron chi connectivity index (χ2n) is 12.4. The Kier molecular flexibility index (Phi) is 6.06. The van der Waals surface area contributed by atoms with Crippen LogP contribution in [0.1, 0.15) is 44.6 Å². The third kappa shape index (κ3) is 3.79. The molecular formula is C30H34F3N2O5+. The van der Waals surface area contributed by atoms with Crippen molar-refractivity contribution in [3.8, 4) is 0 Å². The van der Waals surface area contributed by atoms with Crippen LogP contribution in [-0.2, 0) is 19.1 Å². The monoisotopic (exact) mass is 559 g/mol. The van der Waals surface area contributed by atoms with Crippen molar-refractivity contribution >= 4 is 17.6 Å². The molecule has 1 aromatic rings. The first-order chi connectivity index (χ1) is 18.8. The van der Waals surface area contributed by atoms with E-state index in [1.807, 2.05) is 6.08 Å². The van der Waals surface area contributed by atoms with Gasteiger partial charge in [0.05, 0.1) is 32.8 Å². The lowest BCUT2D eigenvalue weighted by Gasteiger charge is -2.63. The predicted molar refractivity (Wildman–Crippen MR) is 139 cm³/mol. The summed E-state index contributed by atoms with van der Waals surface area (Å²) in [6.07, 6.45) is 1.88. The normalized spacial score (nSPS) is 36.0. The fourth-order valence-corrected chi connectivity index (χ4v) is 8.50. The highest BCUT2D eigenvalue weighted by atomic mass is 19.4. The zero-order valence-corrected chi connectivity index (χ0v) is 22.8. The second-order valence-corrected chi connectivity index (χ2v) is 12.4. The van der Waals surface area contributed by atoms with Crippen LogP contribution in [0.2, 0.25) is 0 Å². The van der Waals surface area contributed by atoms with Gasteiger partial charge in [0.25, 0.3) is 5.91 Å². The number of esters is 1. The Morgan fingerprint density at radius 2 is 1.88 bits per heavy atom. The Bertz CT molecular complexity index is 1350. The van der Waals surface area contributed by atoms with Gasteiger partial charge in [0.1, 0.15) is 5.76 Å². The van der Waals surface area contributed by atoms with Gasteiger partial charge in [0, 0.05) is 42.6 Å². The molecule has 214 valence electrons. The van der Waals surface area contributed by atoms with Crippen LogP contribution in [-0.4, -0.2) is 66.2 Å². The smallest absolute Gasteiger partial charge is 0.425 e. The lowest BCUT2D eigenvalue weighted by atomic mass is 9.46. The minimum atomic E-state index is -5.18. The quantitative estimate of drug-likeness (QED) is 0.240. The van der Waals surface area contributed by atoms with E-state index in [1.165, 1.54) is 30.3 Å². The maximum absolute atomic E-state index is 14.6. The summed E-state index contributed by atoms with van der Waals surface area (Å²) >= 11 is 0. The number of benzene rings is 1. The van der Waals surface area contributed by atoms with Gasteiger partial charge in [-0.3, -0.25) is 9.59 Å². The number of amides is 1. The number of rotatable bonds is 4. The maximum Gasteiger partial charge on any atom is 0.425 e. The van der Waals surface area contributed by atoms with E-state index >= 15 is 0 Å². The number of hydrogen-bond acceptors (Lipinski definition) is 5. The molecule has 7 nitrogen and oxygen atoms in total. The summed E-state index contributed by atoms with van der Waals surface area (Å²) in [7, 11) is 4.45. The van der Waals surface area contributed by atoms with E-state index in [4.69, 9.17) is 9.47 Å². The predicted octanol–water partition coefficient (Wildman–Crippen LogP) is 4.77. The first-order valence-electron chi connectivity index (χ1n) is 13.8. The number of aliphatic hydroxyl groups is 1. The van der Waals surface area contributed by atoms with Gasteiger partial charge >= 0.3 is 12.1 Å². The molecule has 2 bridgehead atoms. The minimum Gasteiger partial charge on any atom is -0.507 e. The van der Waals surface area contributed by atoms with Crippen molar-refractivity contribution in [3.05, 3.63) is 65.0 Å². The summed E-state index contributed by atoms with van der Waals surface area (Å²) in [5, 5.41) is 13.9. The molecule has 1 spiro atoms. The average Bonchev–Trinajstić information content (AvgIpc) is 3.17. The van der Waals surface area contributed by atoms with Crippen LogP contribution in [0.25, 0.3) is 5.76 Å². The number of halogens is 3. The van der Waals surface area contributed by atoms with E-state index in [2.05, 4.69) is 19.4 Å². The summed E-state index contributed by atoms with van der Waals surface area (Å²) in [6.45, 7) is 1.85. The number of allylic oxidation sites excluding steroid dienone is 2. The molecule has 6 rings (SSSR count). The molecule has 2 aliphatic heterocycles. The van der Waals surface area contributed by atoms with Gasteiger partial charge in [-0.05, 0) is 18.9 Å². The van der Waals surface area contributed by atoms with Gasteiger partial charge in [-0.2, -0.15) is 13.2 Å². The Labute approximate surface area is 230 Å². The second kappa shape index (κ2) is 8.94. The molecule has 3 aliphatic carbocycles. The number of hydrogen-bond donors (Lipinski definition) is 2. The van der Waals surface area contributed by atoms with Crippen LogP contribution >= 0.6 is 0 Å². The molecule has 5 aliphatic rings. The number of nitrogens with zero attached hydrogens (tertiary/aromatic N) is 1. The molecule has 1 amide bonds. The van der Waals surface area contributed by atoms with Crippen LogP contribution in [0.15, 0.2) is 59.4 Å². The van der Waals surface area contributed by atoms with E-state index in [-0.39, 0.29) is 23.3 Å². The SMILES string of the molecule is CC(=O)OC(=C(C(=O)NC12O[C@H]3CCC[C@H]4[C@H]5CC(=CC=C1O)C2[C@@]34CC[N+]5(C)C)C(F)(F)F)c1ccccc1. The van der Waals surface area contributed by atoms with Gasteiger partial charge in [-0.15, -0.1) is 0 Å².